The highest BCUT2D eigenvalue weighted by Crippen LogP contribution is 2.23. The number of rotatable bonds is 5. The smallest absolute Gasteiger partial charge is 0.0814 e. The Labute approximate surface area is 95.2 Å². The van der Waals surface area contributed by atoms with Crippen LogP contribution in [0.1, 0.15) is 31.2 Å². The molecule has 0 amide bonds. The molecule has 0 saturated carbocycles. The van der Waals surface area contributed by atoms with Gasteiger partial charge in [0.15, 0.2) is 0 Å². The van der Waals surface area contributed by atoms with Crippen molar-refractivity contribution in [3.63, 3.8) is 0 Å². The number of unbranched alkanes of at least 4 members (excludes halogenated alkanes) is 3. The molecule has 79 valence electrons. The standard InChI is InChI=1S/C13H16NS/c1-2-3-4-5-7-11-8-6-9-12-13(11)15-10-14-12/h6,8-10H,1-5,7H2. The van der Waals surface area contributed by atoms with Gasteiger partial charge in [0, 0.05) is 0 Å². The number of aromatic nitrogens is 1. The normalized spacial score (nSPS) is 11.0. The summed E-state index contributed by atoms with van der Waals surface area (Å²) < 4.78 is 1.37. The number of thiazole rings is 1. The van der Waals surface area contributed by atoms with Gasteiger partial charge in [0.2, 0.25) is 0 Å². The van der Waals surface area contributed by atoms with Crippen molar-refractivity contribution < 1.29 is 0 Å². The lowest BCUT2D eigenvalue weighted by Crippen LogP contribution is -1.86. The molecule has 1 aromatic heterocycles. The topological polar surface area (TPSA) is 12.9 Å². The summed E-state index contributed by atoms with van der Waals surface area (Å²) in [5, 5.41) is 0. The van der Waals surface area contributed by atoms with Gasteiger partial charge in [-0.2, -0.15) is 0 Å². The first-order valence-corrected chi connectivity index (χ1v) is 6.40. The zero-order valence-corrected chi connectivity index (χ0v) is 9.72. The highest BCUT2D eigenvalue weighted by atomic mass is 32.1. The molecule has 2 aromatic rings. The molecule has 0 saturated heterocycles. The summed E-state index contributed by atoms with van der Waals surface area (Å²) in [6, 6.07) is 6.43. The highest BCUT2D eigenvalue weighted by Gasteiger charge is 2.02. The van der Waals surface area contributed by atoms with Crippen LogP contribution in [0, 0.1) is 6.92 Å². The van der Waals surface area contributed by atoms with Gasteiger partial charge >= 0.3 is 0 Å². The van der Waals surface area contributed by atoms with E-state index in [9.17, 15) is 0 Å². The minimum atomic E-state index is 1.06. The van der Waals surface area contributed by atoms with Crippen LogP contribution in [-0.2, 0) is 6.42 Å². The first-order valence-electron chi connectivity index (χ1n) is 5.52. The number of hydrogen-bond donors (Lipinski definition) is 0. The molecule has 0 N–H and O–H groups in total. The number of fused-ring (bicyclic) bond motifs is 1. The second-order valence-electron chi connectivity index (χ2n) is 3.78. The lowest BCUT2D eigenvalue weighted by atomic mass is 10.1. The molecule has 0 aliphatic rings. The predicted octanol–water partition coefficient (Wildman–Crippen LogP) is 4.23. The summed E-state index contributed by atoms with van der Waals surface area (Å²) in [6.45, 7) is 3.86. The third-order valence-electron chi connectivity index (χ3n) is 2.63. The Hall–Kier alpha value is -0.890. The maximum absolute atomic E-state index is 4.33. The summed E-state index contributed by atoms with van der Waals surface area (Å²) in [5.74, 6) is 0. The van der Waals surface area contributed by atoms with Crippen molar-refractivity contribution in [2.24, 2.45) is 0 Å². The van der Waals surface area contributed by atoms with Crippen molar-refractivity contribution in [3.05, 3.63) is 36.2 Å². The van der Waals surface area contributed by atoms with Crippen LogP contribution in [0.5, 0.6) is 0 Å². The van der Waals surface area contributed by atoms with Crippen molar-refractivity contribution in [1.29, 1.82) is 0 Å². The van der Waals surface area contributed by atoms with Crippen LogP contribution in [-0.4, -0.2) is 4.98 Å². The molecule has 0 aliphatic heterocycles. The van der Waals surface area contributed by atoms with Gasteiger partial charge in [0.1, 0.15) is 0 Å². The molecular weight excluding hydrogens is 202 g/mol. The zero-order chi connectivity index (χ0) is 10.5. The maximum atomic E-state index is 4.33. The van der Waals surface area contributed by atoms with Crippen molar-refractivity contribution >= 4 is 21.6 Å². The average molecular weight is 218 g/mol. The van der Waals surface area contributed by atoms with Gasteiger partial charge in [-0.1, -0.05) is 38.3 Å². The molecule has 2 heteroatoms. The average Bonchev–Trinajstić information content (AvgIpc) is 2.73. The summed E-state index contributed by atoms with van der Waals surface area (Å²) in [5.41, 5.74) is 4.54. The Morgan fingerprint density at radius 3 is 3.00 bits per heavy atom. The SMILES string of the molecule is [CH2]CCCCCc1cccc2ncsc12. The summed E-state index contributed by atoms with van der Waals surface area (Å²) in [4.78, 5) is 4.33. The van der Waals surface area contributed by atoms with E-state index in [1.165, 1.54) is 35.9 Å². The number of nitrogens with zero attached hydrogens (tertiary/aromatic N) is 1. The molecule has 1 radical (unpaired) electrons. The molecule has 2 rings (SSSR count). The fourth-order valence-electron chi connectivity index (χ4n) is 1.81. The third kappa shape index (κ3) is 2.57. The van der Waals surface area contributed by atoms with Gasteiger partial charge in [-0.05, 0) is 24.5 Å². The second-order valence-corrected chi connectivity index (χ2v) is 4.64. The Balaban J connectivity index is 2.04. The van der Waals surface area contributed by atoms with E-state index in [0.29, 0.717) is 0 Å². The first kappa shape index (κ1) is 10.6. The van der Waals surface area contributed by atoms with E-state index < -0.39 is 0 Å². The Morgan fingerprint density at radius 1 is 1.20 bits per heavy atom. The van der Waals surface area contributed by atoms with E-state index in [1.54, 1.807) is 11.3 Å². The van der Waals surface area contributed by atoms with Crippen molar-refractivity contribution in [1.82, 2.24) is 4.98 Å². The van der Waals surface area contributed by atoms with Crippen molar-refractivity contribution in [3.8, 4) is 0 Å². The van der Waals surface area contributed by atoms with E-state index >= 15 is 0 Å². The van der Waals surface area contributed by atoms with E-state index in [-0.39, 0.29) is 0 Å². The fourth-order valence-corrected chi connectivity index (χ4v) is 2.65. The molecule has 0 aliphatic carbocycles. The molecule has 0 fully saturated rings. The van der Waals surface area contributed by atoms with E-state index in [4.69, 9.17) is 0 Å². The molecule has 0 unspecified atom stereocenters. The lowest BCUT2D eigenvalue weighted by molar-refractivity contribution is 0.688. The van der Waals surface area contributed by atoms with Crippen LogP contribution < -0.4 is 0 Å². The zero-order valence-electron chi connectivity index (χ0n) is 8.91. The van der Waals surface area contributed by atoms with Crippen molar-refractivity contribution in [2.45, 2.75) is 32.1 Å². The van der Waals surface area contributed by atoms with Gasteiger partial charge in [0.05, 0.1) is 15.7 Å². The number of hydrogen-bond acceptors (Lipinski definition) is 2. The van der Waals surface area contributed by atoms with E-state index in [1.807, 2.05) is 5.51 Å². The van der Waals surface area contributed by atoms with Crippen LogP contribution in [0.4, 0.5) is 0 Å². The van der Waals surface area contributed by atoms with Crippen LogP contribution >= 0.6 is 11.3 Å². The summed E-state index contributed by atoms with van der Waals surface area (Å²) in [7, 11) is 0. The van der Waals surface area contributed by atoms with Gasteiger partial charge in [0.25, 0.3) is 0 Å². The van der Waals surface area contributed by atoms with Gasteiger partial charge < -0.3 is 0 Å². The Bertz CT molecular complexity index is 419. The minimum Gasteiger partial charge on any atom is -0.245 e. The van der Waals surface area contributed by atoms with Crippen molar-refractivity contribution in [2.75, 3.05) is 0 Å². The first-order chi connectivity index (χ1) is 7.42. The molecule has 1 nitrogen and oxygen atoms in total. The summed E-state index contributed by atoms with van der Waals surface area (Å²) >= 11 is 1.75. The monoisotopic (exact) mass is 218 g/mol. The van der Waals surface area contributed by atoms with Crippen LogP contribution in [0.2, 0.25) is 0 Å². The molecular formula is C13H16NS. The fraction of sp³-hybridized carbons (Fsp3) is 0.385. The van der Waals surface area contributed by atoms with E-state index in [0.717, 1.165) is 11.9 Å². The highest BCUT2D eigenvalue weighted by molar-refractivity contribution is 7.16. The number of benzene rings is 1. The molecule has 1 heterocycles. The molecule has 0 bridgehead atoms. The number of aryl methyl sites for hydroxylation is 1. The van der Waals surface area contributed by atoms with Crippen LogP contribution in [0.3, 0.4) is 0 Å². The second kappa shape index (κ2) is 5.26. The molecule has 0 spiro atoms. The Kier molecular flexibility index (Phi) is 3.73. The summed E-state index contributed by atoms with van der Waals surface area (Å²) in [6.07, 6.45) is 6.05. The molecule has 15 heavy (non-hydrogen) atoms. The van der Waals surface area contributed by atoms with Gasteiger partial charge in [-0.25, -0.2) is 4.98 Å². The maximum Gasteiger partial charge on any atom is 0.0814 e. The molecule has 1 aromatic carbocycles. The quantitative estimate of drug-likeness (QED) is 0.684. The lowest BCUT2D eigenvalue weighted by Gasteiger charge is -2.01. The van der Waals surface area contributed by atoms with Gasteiger partial charge in [-0.15, -0.1) is 11.3 Å². The predicted molar refractivity (Wildman–Crippen MR) is 67.1 cm³/mol. The largest absolute Gasteiger partial charge is 0.245 e. The molecule has 0 atom stereocenters. The third-order valence-corrected chi connectivity index (χ3v) is 3.55. The van der Waals surface area contributed by atoms with Crippen LogP contribution in [0.25, 0.3) is 10.2 Å². The van der Waals surface area contributed by atoms with Crippen LogP contribution in [0.15, 0.2) is 23.7 Å². The minimum absolute atomic E-state index is 1.06. The van der Waals surface area contributed by atoms with Gasteiger partial charge in [-0.3, -0.25) is 0 Å². The van der Waals surface area contributed by atoms with E-state index in [2.05, 4.69) is 30.1 Å². The Morgan fingerprint density at radius 2 is 2.13 bits per heavy atom.